The molecule has 2 unspecified atom stereocenters. The molecule has 1 amide bonds. The molecule has 2 atom stereocenters. The lowest BCUT2D eigenvalue weighted by Gasteiger charge is -2.35. The Hall–Kier alpha value is -3.71. The number of benzene rings is 1. The van der Waals surface area contributed by atoms with E-state index in [2.05, 4.69) is 26.5 Å². The van der Waals surface area contributed by atoms with Gasteiger partial charge in [0.25, 0.3) is 5.91 Å². The van der Waals surface area contributed by atoms with Crippen LogP contribution in [-0.4, -0.2) is 43.5 Å². The van der Waals surface area contributed by atoms with Crippen LogP contribution in [0.5, 0.6) is 0 Å². The van der Waals surface area contributed by atoms with Gasteiger partial charge in [-0.25, -0.2) is 4.39 Å². The van der Waals surface area contributed by atoms with Crippen molar-refractivity contribution in [3.8, 4) is 6.07 Å². The summed E-state index contributed by atoms with van der Waals surface area (Å²) in [6.45, 7) is 2.07. The van der Waals surface area contributed by atoms with Crippen LogP contribution in [0.2, 0.25) is 0 Å². The van der Waals surface area contributed by atoms with Crippen LogP contribution in [0.25, 0.3) is 0 Å². The summed E-state index contributed by atoms with van der Waals surface area (Å²) >= 11 is 0. The first-order chi connectivity index (χ1) is 14.9. The van der Waals surface area contributed by atoms with Gasteiger partial charge in [0.1, 0.15) is 11.4 Å². The van der Waals surface area contributed by atoms with Crippen molar-refractivity contribution in [2.75, 3.05) is 18.4 Å². The van der Waals surface area contributed by atoms with Crippen LogP contribution < -0.4 is 11.1 Å². The van der Waals surface area contributed by atoms with E-state index in [0.717, 1.165) is 12.2 Å². The molecular formula is C21H23FN8O. The molecule has 1 aliphatic heterocycles. The highest BCUT2D eigenvalue weighted by atomic mass is 19.1. The Morgan fingerprint density at radius 2 is 2.13 bits per heavy atom. The molecule has 0 saturated carbocycles. The minimum absolute atomic E-state index is 0.186. The van der Waals surface area contributed by atoms with Gasteiger partial charge in [0, 0.05) is 44.8 Å². The van der Waals surface area contributed by atoms with Crippen molar-refractivity contribution in [2.24, 2.45) is 18.7 Å². The van der Waals surface area contributed by atoms with Gasteiger partial charge in [0.05, 0.1) is 23.7 Å². The molecular weight excluding hydrogens is 399 g/mol. The molecule has 3 heterocycles. The molecule has 1 aliphatic rings. The van der Waals surface area contributed by atoms with E-state index in [4.69, 9.17) is 5.73 Å². The maximum Gasteiger partial charge on any atom is 0.254 e. The molecule has 1 fully saturated rings. The van der Waals surface area contributed by atoms with Crippen molar-refractivity contribution in [2.45, 2.75) is 19.0 Å². The number of carbonyl (C=O) groups is 1. The Bertz CT molecular complexity index is 1110. The lowest BCUT2D eigenvalue weighted by molar-refractivity contribution is 0.100. The highest BCUT2D eigenvalue weighted by Gasteiger charge is 2.32. The highest BCUT2D eigenvalue weighted by molar-refractivity contribution is 5.98. The number of nitrogens with zero attached hydrogens (tertiary/aromatic N) is 6. The average Bonchev–Trinajstić information content (AvgIpc) is 3.36. The number of rotatable bonds is 6. The van der Waals surface area contributed by atoms with Crippen LogP contribution in [-0.2, 0) is 13.6 Å². The number of amides is 1. The Morgan fingerprint density at radius 1 is 1.35 bits per heavy atom. The van der Waals surface area contributed by atoms with Crippen LogP contribution in [0, 0.1) is 23.1 Å². The van der Waals surface area contributed by atoms with Crippen molar-refractivity contribution < 1.29 is 9.18 Å². The van der Waals surface area contributed by atoms with E-state index < -0.39 is 5.91 Å². The van der Waals surface area contributed by atoms with E-state index in [1.165, 1.54) is 12.1 Å². The van der Waals surface area contributed by atoms with Gasteiger partial charge in [0.2, 0.25) is 0 Å². The van der Waals surface area contributed by atoms with Gasteiger partial charge in [-0.15, -0.1) is 0 Å². The quantitative estimate of drug-likeness (QED) is 0.629. The van der Waals surface area contributed by atoms with Gasteiger partial charge in [-0.1, -0.05) is 0 Å². The lowest BCUT2D eigenvalue weighted by Crippen LogP contribution is -2.41. The zero-order valence-corrected chi connectivity index (χ0v) is 17.1. The van der Waals surface area contributed by atoms with E-state index in [-0.39, 0.29) is 29.2 Å². The van der Waals surface area contributed by atoms with Gasteiger partial charge in [-0.3, -0.25) is 19.1 Å². The Labute approximate surface area is 178 Å². The summed E-state index contributed by atoms with van der Waals surface area (Å²) in [4.78, 5) is 14.2. The number of anilines is 2. The van der Waals surface area contributed by atoms with E-state index in [1.54, 1.807) is 29.2 Å². The number of nitrogens with two attached hydrogens (primary N) is 1. The fraction of sp³-hybridized carbons (Fsp3) is 0.333. The summed E-state index contributed by atoms with van der Waals surface area (Å²) in [5.74, 6) is -1.01. The standard InChI is InChI=1S/C21H23FN8O/c1-28-17(6-8-25-28)12-29-9-7-19(14(10-23)11-29)30-13-18(20(24)31)21(27-30)26-16-4-2-15(22)3-5-16/h2-6,8,13-14,19H,7,9,11-12H2,1H3,(H2,24,31)(H,26,27). The number of halogens is 1. The van der Waals surface area contributed by atoms with E-state index in [0.29, 0.717) is 25.2 Å². The first-order valence-electron chi connectivity index (χ1n) is 9.95. The highest BCUT2D eigenvalue weighted by Crippen LogP contribution is 2.30. The van der Waals surface area contributed by atoms with Gasteiger partial charge in [0.15, 0.2) is 5.82 Å². The fourth-order valence-electron chi connectivity index (χ4n) is 3.88. The molecule has 9 nitrogen and oxygen atoms in total. The molecule has 31 heavy (non-hydrogen) atoms. The van der Waals surface area contributed by atoms with Crippen LogP contribution in [0.1, 0.15) is 28.5 Å². The topological polar surface area (TPSA) is 118 Å². The third-order valence-corrected chi connectivity index (χ3v) is 5.58. The smallest absolute Gasteiger partial charge is 0.254 e. The van der Waals surface area contributed by atoms with E-state index >= 15 is 0 Å². The molecule has 3 aromatic rings. The van der Waals surface area contributed by atoms with Crippen LogP contribution >= 0.6 is 0 Å². The molecule has 4 rings (SSSR count). The predicted octanol–water partition coefficient (Wildman–Crippen LogP) is 2.18. The molecule has 0 spiro atoms. The largest absolute Gasteiger partial charge is 0.365 e. The number of aromatic nitrogens is 4. The SMILES string of the molecule is Cn1nccc1CN1CCC(n2cc(C(N)=O)c(Nc3ccc(F)cc3)n2)C(C#N)C1. The van der Waals surface area contributed by atoms with Crippen molar-refractivity contribution >= 4 is 17.4 Å². The molecule has 0 bridgehead atoms. The third-order valence-electron chi connectivity index (χ3n) is 5.58. The molecule has 0 radical (unpaired) electrons. The maximum absolute atomic E-state index is 13.2. The lowest BCUT2D eigenvalue weighted by atomic mass is 9.93. The molecule has 3 N–H and O–H groups in total. The normalized spacial score (nSPS) is 19.1. The second-order valence-corrected chi connectivity index (χ2v) is 7.64. The summed E-state index contributed by atoms with van der Waals surface area (Å²) < 4.78 is 16.7. The molecule has 2 aromatic heterocycles. The second kappa shape index (κ2) is 8.57. The Kier molecular flexibility index (Phi) is 5.68. The predicted molar refractivity (Wildman–Crippen MR) is 112 cm³/mol. The number of likely N-dealkylation sites (tertiary alicyclic amines) is 1. The van der Waals surface area contributed by atoms with E-state index in [9.17, 15) is 14.4 Å². The number of primary amides is 1. The van der Waals surface area contributed by atoms with Crippen molar-refractivity contribution in [3.05, 3.63) is 59.8 Å². The summed E-state index contributed by atoms with van der Waals surface area (Å²) in [5, 5.41) is 21.5. The number of aryl methyl sites for hydroxylation is 1. The van der Waals surface area contributed by atoms with Crippen molar-refractivity contribution in [1.82, 2.24) is 24.5 Å². The number of hydrogen-bond donors (Lipinski definition) is 2. The fourth-order valence-corrected chi connectivity index (χ4v) is 3.88. The van der Waals surface area contributed by atoms with Gasteiger partial charge >= 0.3 is 0 Å². The molecule has 160 valence electrons. The molecule has 1 aromatic carbocycles. The minimum atomic E-state index is -0.627. The first-order valence-corrected chi connectivity index (χ1v) is 9.95. The number of nitriles is 1. The second-order valence-electron chi connectivity index (χ2n) is 7.64. The number of nitrogens with one attached hydrogen (secondary N) is 1. The third kappa shape index (κ3) is 4.41. The van der Waals surface area contributed by atoms with Crippen LogP contribution in [0.4, 0.5) is 15.9 Å². The van der Waals surface area contributed by atoms with Crippen molar-refractivity contribution in [1.29, 1.82) is 5.26 Å². The first kappa shape index (κ1) is 20.6. The van der Waals surface area contributed by atoms with Gasteiger partial charge in [-0.05, 0) is 36.8 Å². The zero-order chi connectivity index (χ0) is 22.0. The Morgan fingerprint density at radius 3 is 2.77 bits per heavy atom. The monoisotopic (exact) mass is 422 g/mol. The van der Waals surface area contributed by atoms with Gasteiger partial charge in [-0.2, -0.15) is 15.5 Å². The molecule has 1 saturated heterocycles. The zero-order valence-electron chi connectivity index (χ0n) is 17.1. The summed E-state index contributed by atoms with van der Waals surface area (Å²) in [7, 11) is 1.90. The van der Waals surface area contributed by atoms with Crippen molar-refractivity contribution in [3.63, 3.8) is 0 Å². The summed E-state index contributed by atoms with van der Waals surface area (Å²) in [6, 6.07) is 9.89. The number of hydrogen-bond acceptors (Lipinski definition) is 6. The number of carbonyl (C=O) groups excluding carboxylic acids is 1. The molecule has 0 aliphatic carbocycles. The van der Waals surface area contributed by atoms with Gasteiger partial charge < -0.3 is 11.1 Å². The Balaban J connectivity index is 1.53. The van der Waals surface area contributed by atoms with E-state index in [1.807, 2.05) is 17.8 Å². The maximum atomic E-state index is 13.2. The summed E-state index contributed by atoms with van der Waals surface area (Å²) in [6.07, 6.45) is 4.04. The molecule has 10 heteroatoms. The van der Waals surface area contributed by atoms with Crippen LogP contribution in [0.3, 0.4) is 0 Å². The number of piperidine rings is 1. The van der Waals surface area contributed by atoms with Crippen LogP contribution in [0.15, 0.2) is 42.7 Å². The average molecular weight is 422 g/mol. The summed E-state index contributed by atoms with van der Waals surface area (Å²) in [5.41, 5.74) is 7.42. The minimum Gasteiger partial charge on any atom is -0.365 e.